The molecular weight excluding hydrogens is 465 g/mol. The van der Waals surface area contributed by atoms with Crippen LogP contribution in [0.1, 0.15) is 25.7 Å². The maximum Gasteiger partial charge on any atom is 0.268 e. The molecule has 2 heterocycles. The van der Waals surface area contributed by atoms with Crippen molar-refractivity contribution >= 4 is 33.1 Å². The molecule has 6 nitrogen and oxygen atoms in total. The van der Waals surface area contributed by atoms with Crippen molar-refractivity contribution < 1.29 is 21.6 Å². The van der Waals surface area contributed by atoms with E-state index in [9.17, 15) is 17.2 Å². The van der Waals surface area contributed by atoms with Gasteiger partial charge >= 0.3 is 0 Å². The minimum atomic E-state index is -4.73. The van der Waals surface area contributed by atoms with Crippen LogP contribution in [0.4, 0.5) is 24.7 Å². The highest BCUT2D eigenvalue weighted by Gasteiger charge is 2.33. The van der Waals surface area contributed by atoms with Crippen molar-refractivity contribution in [2.24, 2.45) is 5.92 Å². The van der Waals surface area contributed by atoms with Gasteiger partial charge in [0.05, 0.1) is 5.69 Å². The summed E-state index contributed by atoms with van der Waals surface area (Å²) in [6, 6.07) is 4.94. The van der Waals surface area contributed by atoms with Gasteiger partial charge in [-0.05, 0) is 44.4 Å². The van der Waals surface area contributed by atoms with Crippen LogP contribution in [0.3, 0.4) is 0 Å². The zero-order valence-electron chi connectivity index (χ0n) is 17.5. The number of rotatable bonds is 7. The number of hydrogen-bond donors (Lipinski definition) is 1. The van der Waals surface area contributed by atoms with E-state index >= 15 is 4.39 Å². The van der Waals surface area contributed by atoms with Gasteiger partial charge in [0.1, 0.15) is 16.7 Å². The molecular formula is C21H24ClF3N4O2S. The van der Waals surface area contributed by atoms with Gasteiger partial charge in [-0.3, -0.25) is 4.72 Å². The van der Waals surface area contributed by atoms with Crippen LogP contribution in [0.15, 0.2) is 29.2 Å². The number of nitrogens with one attached hydrogen (secondary N) is 1. The minimum absolute atomic E-state index is 0.123. The first-order chi connectivity index (χ1) is 15.2. The second-order valence-electron chi connectivity index (χ2n) is 8.41. The van der Waals surface area contributed by atoms with Crippen LogP contribution in [0, 0.1) is 23.5 Å². The number of nitrogens with zero attached hydrogens (tertiary/aromatic N) is 3. The van der Waals surface area contributed by atoms with Gasteiger partial charge in [0, 0.05) is 31.7 Å². The third kappa shape index (κ3) is 4.67. The summed E-state index contributed by atoms with van der Waals surface area (Å²) >= 11 is 6.16. The monoisotopic (exact) mass is 488 g/mol. The second-order valence-corrected chi connectivity index (χ2v) is 10.4. The molecule has 2 aromatic rings. The first-order valence-corrected chi connectivity index (χ1v) is 12.3. The molecule has 2 aliphatic rings. The Balaban J connectivity index is 1.54. The maximum atomic E-state index is 15.0. The highest BCUT2D eigenvalue weighted by molar-refractivity contribution is 7.92. The van der Waals surface area contributed by atoms with E-state index in [-0.39, 0.29) is 5.69 Å². The molecule has 32 heavy (non-hydrogen) atoms. The molecule has 0 unspecified atom stereocenters. The molecule has 1 saturated carbocycles. The molecule has 0 bridgehead atoms. The number of sulfonamides is 1. The first-order valence-electron chi connectivity index (χ1n) is 10.4. The van der Waals surface area contributed by atoms with Crippen molar-refractivity contribution in [1.82, 2.24) is 9.88 Å². The van der Waals surface area contributed by atoms with Gasteiger partial charge in [0.15, 0.2) is 10.7 Å². The van der Waals surface area contributed by atoms with Crippen molar-refractivity contribution in [2.75, 3.05) is 36.3 Å². The molecule has 1 N–H and O–H groups in total. The molecule has 0 amide bonds. The fourth-order valence-corrected chi connectivity index (χ4v) is 5.75. The lowest BCUT2D eigenvalue weighted by Crippen LogP contribution is -2.40. The highest BCUT2D eigenvalue weighted by atomic mass is 35.5. The Bertz CT molecular complexity index is 1110. The molecule has 1 aliphatic carbocycles. The fourth-order valence-electron chi connectivity index (χ4n) is 4.28. The van der Waals surface area contributed by atoms with E-state index in [1.165, 1.54) is 25.3 Å². The Morgan fingerprint density at radius 1 is 1.25 bits per heavy atom. The zero-order chi connectivity index (χ0) is 23.0. The molecule has 1 aromatic heterocycles. The van der Waals surface area contributed by atoms with E-state index < -0.39 is 43.3 Å². The number of hydrogen-bond acceptors (Lipinski definition) is 5. The van der Waals surface area contributed by atoms with Crippen molar-refractivity contribution in [1.29, 1.82) is 0 Å². The summed E-state index contributed by atoms with van der Waals surface area (Å²) in [5.74, 6) is -3.68. The summed E-state index contributed by atoms with van der Waals surface area (Å²) in [7, 11) is -2.63. The van der Waals surface area contributed by atoms with Crippen molar-refractivity contribution in [2.45, 2.75) is 36.6 Å². The van der Waals surface area contributed by atoms with Gasteiger partial charge in [-0.25, -0.2) is 22.2 Å². The Labute approximate surface area is 190 Å². The summed E-state index contributed by atoms with van der Waals surface area (Å²) in [4.78, 5) is 6.25. The molecule has 2 fully saturated rings. The summed E-state index contributed by atoms with van der Waals surface area (Å²) in [6.45, 7) is 2.04. The van der Waals surface area contributed by atoms with Crippen LogP contribution < -0.4 is 9.62 Å². The van der Waals surface area contributed by atoms with Crippen LogP contribution in [0.5, 0.6) is 0 Å². The van der Waals surface area contributed by atoms with Crippen LogP contribution in [0.2, 0.25) is 5.02 Å². The van der Waals surface area contributed by atoms with Gasteiger partial charge in [0.2, 0.25) is 5.95 Å². The number of pyridine rings is 1. The molecule has 0 spiro atoms. The molecule has 4 rings (SSSR count). The molecule has 1 saturated heterocycles. The smallest absolute Gasteiger partial charge is 0.268 e. The Morgan fingerprint density at radius 3 is 2.66 bits per heavy atom. The predicted octanol–water partition coefficient (Wildman–Crippen LogP) is 4.26. The maximum absolute atomic E-state index is 15.0. The Morgan fingerprint density at radius 2 is 2.00 bits per heavy atom. The lowest BCUT2D eigenvalue weighted by molar-refractivity contribution is 0.142. The van der Waals surface area contributed by atoms with Crippen LogP contribution in [-0.4, -0.2) is 51.0 Å². The third-order valence-electron chi connectivity index (χ3n) is 6.19. The van der Waals surface area contributed by atoms with Gasteiger partial charge in [-0.15, -0.1) is 0 Å². The van der Waals surface area contributed by atoms with E-state index in [1.54, 1.807) is 4.90 Å². The van der Waals surface area contributed by atoms with Crippen molar-refractivity contribution in [3.63, 3.8) is 0 Å². The molecule has 1 atom stereocenters. The van der Waals surface area contributed by atoms with E-state index in [2.05, 4.69) is 16.9 Å². The highest BCUT2D eigenvalue weighted by Crippen LogP contribution is 2.37. The van der Waals surface area contributed by atoms with E-state index in [1.807, 2.05) is 4.72 Å². The number of halogens is 4. The van der Waals surface area contributed by atoms with Crippen LogP contribution in [0.25, 0.3) is 0 Å². The molecule has 174 valence electrons. The third-order valence-corrected chi connectivity index (χ3v) is 7.94. The summed E-state index contributed by atoms with van der Waals surface area (Å²) < 4.78 is 70.1. The molecule has 11 heteroatoms. The fraction of sp³-hybridized carbons (Fsp3) is 0.476. The first kappa shape index (κ1) is 23.1. The normalized spacial score (nSPS) is 19.4. The molecule has 0 radical (unpaired) electrons. The molecule has 1 aromatic carbocycles. The predicted molar refractivity (Wildman–Crippen MR) is 117 cm³/mol. The van der Waals surface area contributed by atoms with Gasteiger partial charge in [-0.1, -0.05) is 24.1 Å². The standard InChI is InChI=1S/C21H24ClF3N4O2S/c1-28(14-4-2-5-14)11-13-8-9-29(12-13)16-10-15(23)21(20(25)19(16)22)32(30,31)27-18-7-3-6-17(24)26-18/h3,6-7,10,13-14H,2,4-5,8-9,11-12H2,1H3,(H,26,27)/t13-/m0/s1. The summed E-state index contributed by atoms with van der Waals surface area (Å²) in [6.07, 6.45) is 4.50. The van der Waals surface area contributed by atoms with Crippen LogP contribution >= 0.6 is 11.6 Å². The summed E-state index contributed by atoms with van der Waals surface area (Å²) in [5, 5.41) is -0.466. The molecule has 1 aliphatic heterocycles. The van der Waals surface area contributed by atoms with E-state index in [4.69, 9.17) is 11.6 Å². The van der Waals surface area contributed by atoms with E-state index in [0.29, 0.717) is 25.0 Å². The van der Waals surface area contributed by atoms with Crippen LogP contribution in [-0.2, 0) is 10.0 Å². The Hall–Kier alpha value is -2.04. The zero-order valence-corrected chi connectivity index (χ0v) is 19.1. The summed E-state index contributed by atoms with van der Waals surface area (Å²) in [5.41, 5.74) is 0.123. The quantitative estimate of drug-likeness (QED) is 0.466. The van der Waals surface area contributed by atoms with Crippen molar-refractivity contribution in [3.05, 3.63) is 46.9 Å². The second kappa shape index (κ2) is 9.07. The van der Waals surface area contributed by atoms with Gasteiger partial charge < -0.3 is 9.80 Å². The lowest BCUT2D eigenvalue weighted by Gasteiger charge is -2.36. The van der Waals surface area contributed by atoms with Gasteiger partial charge in [0.25, 0.3) is 10.0 Å². The van der Waals surface area contributed by atoms with Crippen molar-refractivity contribution in [3.8, 4) is 0 Å². The topological polar surface area (TPSA) is 65.5 Å². The SMILES string of the molecule is CN(C[C@@H]1CCN(c2cc(F)c(S(=O)(=O)Nc3cccc(F)n3)c(F)c2Cl)C1)C1CCC1. The average Bonchev–Trinajstić information content (AvgIpc) is 3.10. The Kier molecular flexibility index (Phi) is 6.56. The number of benzene rings is 1. The minimum Gasteiger partial charge on any atom is -0.370 e. The average molecular weight is 489 g/mol. The van der Waals surface area contributed by atoms with E-state index in [0.717, 1.165) is 31.2 Å². The van der Waals surface area contributed by atoms with Gasteiger partial charge in [-0.2, -0.15) is 4.39 Å². The number of aromatic nitrogens is 1. The number of anilines is 2. The largest absolute Gasteiger partial charge is 0.370 e. The lowest BCUT2D eigenvalue weighted by atomic mass is 9.91.